The van der Waals surface area contributed by atoms with E-state index in [0.29, 0.717) is 42.9 Å². The third-order valence-corrected chi connectivity index (χ3v) is 10.0. The number of phenols is 1. The molecule has 10 nitrogen and oxygen atoms in total. The number of methoxy groups -OCH3 is 1. The SMILES string of the molecule is COC1C2Oc3c(O)ccc4c3C23CCN(CC2CC2)C(C4)C3CC1(C)CNC(=O)CCc1nn[nH]n1. The third-order valence-electron chi connectivity index (χ3n) is 10.0. The second kappa shape index (κ2) is 8.39. The summed E-state index contributed by atoms with van der Waals surface area (Å²) in [7, 11) is 1.76. The van der Waals surface area contributed by atoms with Gasteiger partial charge < -0.3 is 19.9 Å². The number of aromatic amines is 1. The molecule has 1 amide bonds. The molecule has 1 spiro atoms. The number of aromatic hydroxyl groups is 1. The number of likely N-dealkylation sites (tertiary alicyclic amines) is 1. The summed E-state index contributed by atoms with van der Waals surface area (Å²) in [6.45, 7) is 4.98. The van der Waals surface area contributed by atoms with Gasteiger partial charge in [-0.3, -0.25) is 9.69 Å². The average molecular weight is 509 g/mol. The van der Waals surface area contributed by atoms with Gasteiger partial charge in [0.1, 0.15) is 12.2 Å². The maximum atomic E-state index is 12.8. The van der Waals surface area contributed by atoms with Gasteiger partial charge in [0.2, 0.25) is 5.91 Å². The van der Waals surface area contributed by atoms with Crippen molar-refractivity contribution < 1.29 is 19.4 Å². The number of piperidine rings is 1. The fourth-order valence-corrected chi connectivity index (χ4v) is 8.20. The molecule has 198 valence electrons. The first-order valence-electron chi connectivity index (χ1n) is 13.7. The number of H-pyrrole nitrogens is 1. The lowest BCUT2D eigenvalue weighted by molar-refractivity contribution is -0.172. The van der Waals surface area contributed by atoms with E-state index in [4.69, 9.17) is 9.47 Å². The number of carbonyl (C=O) groups is 1. The number of benzene rings is 1. The third kappa shape index (κ3) is 3.51. The predicted octanol–water partition coefficient (Wildman–Crippen LogP) is 1.73. The van der Waals surface area contributed by atoms with Crippen LogP contribution in [-0.2, 0) is 27.8 Å². The van der Waals surface area contributed by atoms with Gasteiger partial charge in [0.15, 0.2) is 17.3 Å². The molecular weight excluding hydrogens is 472 g/mol. The Morgan fingerprint density at radius 1 is 1.38 bits per heavy atom. The molecule has 5 aliphatic rings. The van der Waals surface area contributed by atoms with Gasteiger partial charge in [-0.1, -0.05) is 18.2 Å². The topological polar surface area (TPSA) is 125 Å². The number of hydrogen-bond donors (Lipinski definition) is 3. The van der Waals surface area contributed by atoms with Crippen molar-refractivity contribution in [2.24, 2.45) is 17.3 Å². The number of nitrogens with zero attached hydrogens (tertiary/aromatic N) is 4. The van der Waals surface area contributed by atoms with E-state index < -0.39 is 0 Å². The molecule has 2 aliphatic heterocycles. The van der Waals surface area contributed by atoms with Crippen molar-refractivity contribution in [3.8, 4) is 11.5 Å². The molecule has 1 aromatic heterocycles. The monoisotopic (exact) mass is 508 g/mol. The minimum absolute atomic E-state index is 0.0316. The Balaban J connectivity index is 1.20. The molecule has 3 N–H and O–H groups in total. The zero-order chi connectivity index (χ0) is 25.4. The molecule has 3 heterocycles. The first-order chi connectivity index (χ1) is 17.9. The molecule has 37 heavy (non-hydrogen) atoms. The molecular formula is C27H36N6O4. The Kier molecular flexibility index (Phi) is 5.31. The van der Waals surface area contributed by atoms with Crippen molar-refractivity contribution in [3.05, 3.63) is 29.1 Å². The van der Waals surface area contributed by atoms with E-state index in [0.717, 1.165) is 31.7 Å². The van der Waals surface area contributed by atoms with Crippen LogP contribution in [0, 0.1) is 17.3 Å². The number of aromatic nitrogens is 4. The number of aryl methyl sites for hydroxylation is 1. The molecule has 2 aromatic rings. The summed E-state index contributed by atoms with van der Waals surface area (Å²) in [6.07, 6.45) is 5.99. The average Bonchev–Trinajstić information content (AvgIpc) is 3.41. The summed E-state index contributed by atoms with van der Waals surface area (Å²) in [5.41, 5.74) is 2.09. The van der Waals surface area contributed by atoms with E-state index in [-0.39, 0.29) is 34.7 Å². The zero-order valence-corrected chi connectivity index (χ0v) is 21.6. The number of hydrogen-bond acceptors (Lipinski definition) is 8. The van der Waals surface area contributed by atoms with Gasteiger partial charge in [-0.15, -0.1) is 10.2 Å². The van der Waals surface area contributed by atoms with E-state index in [1.54, 1.807) is 13.2 Å². The Morgan fingerprint density at radius 2 is 2.24 bits per heavy atom. The highest BCUT2D eigenvalue weighted by Crippen LogP contribution is 2.66. The van der Waals surface area contributed by atoms with Gasteiger partial charge >= 0.3 is 0 Å². The largest absolute Gasteiger partial charge is 0.504 e. The quantitative estimate of drug-likeness (QED) is 0.492. The summed E-state index contributed by atoms with van der Waals surface area (Å²) < 4.78 is 12.9. The van der Waals surface area contributed by atoms with Crippen molar-refractivity contribution in [1.29, 1.82) is 0 Å². The second-order valence-corrected chi connectivity index (χ2v) is 12.2. The molecule has 6 atom stereocenters. The van der Waals surface area contributed by atoms with Crippen LogP contribution in [0.15, 0.2) is 12.1 Å². The normalized spacial score (nSPS) is 35.6. The Labute approximate surface area is 216 Å². The van der Waals surface area contributed by atoms with Gasteiger partial charge in [0, 0.05) is 55.5 Å². The fraction of sp³-hybridized carbons (Fsp3) is 0.704. The van der Waals surface area contributed by atoms with Crippen molar-refractivity contribution in [1.82, 2.24) is 30.8 Å². The zero-order valence-electron chi connectivity index (χ0n) is 21.6. The van der Waals surface area contributed by atoms with Crippen molar-refractivity contribution >= 4 is 5.91 Å². The van der Waals surface area contributed by atoms with E-state index in [9.17, 15) is 9.90 Å². The predicted molar refractivity (Wildman–Crippen MR) is 133 cm³/mol. The number of rotatable bonds is 8. The van der Waals surface area contributed by atoms with Crippen LogP contribution in [-0.4, -0.2) is 81.5 Å². The minimum atomic E-state index is -0.314. The first-order valence-corrected chi connectivity index (χ1v) is 13.7. The van der Waals surface area contributed by atoms with E-state index in [1.807, 2.05) is 0 Å². The highest BCUT2D eigenvalue weighted by atomic mass is 16.5. The van der Waals surface area contributed by atoms with Gasteiger partial charge in [-0.25, -0.2) is 0 Å². The molecule has 10 heteroatoms. The minimum Gasteiger partial charge on any atom is -0.504 e. The molecule has 3 aliphatic carbocycles. The number of amides is 1. The number of nitrogens with one attached hydrogen (secondary N) is 2. The maximum absolute atomic E-state index is 12.8. The number of carbonyl (C=O) groups excluding carboxylic acids is 1. The molecule has 3 fully saturated rings. The number of phenolic OH excluding ortho intramolecular Hbond substituents is 1. The van der Waals surface area contributed by atoms with Crippen molar-refractivity contribution in [2.45, 2.75) is 75.5 Å². The Bertz CT molecular complexity index is 1200. The van der Waals surface area contributed by atoms with Crippen LogP contribution in [0.3, 0.4) is 0 Å². The lowest BCUT2D eigenvalue weighted by Gasteiger charge is -2.63. The summed E-state index contributed by atoms with van der Waals surface area (Å²) in [6, 6.07) is 4.36. The Hall–Kier alpha value is -2.72. The molecule has 2 saturated carbocycles. The lowest BCUT2D eigenvalue weighted by atomic mass is 9.47. The van der Waals surface area contributed by atoms with Crippen molar-refractivity contribution in [2.75, 3.05) is 26.7 Å². The summed E-state index contributed by atoms with van der Waals surface area (Å²) >= 11 is 0. The van der Waals surface area contributed by atoms with Crippen LogP contribution >= 0.6 is 0 Å². The highest BCUT2D eigenvalue weighted by Gasteiger charge is 2.70. The smallest absolute Gasteiger partial charge is 0.220 e. The molecule has 1 saturated heterocycles. The van der Waals surface area contributed by atoms with Gasteiger partial charge in [0.25, 0.3) is 0 Å². The fourth-order valence-electron chi connectivity index (χ4n) is 8.20. The Morgan fingerprint density at radius 3 is 3.00 bits per heavy atom. The van der Waals surface area contributed by atoms with Gasteiger partial charge in [0.05, 0.1) is 0 Å². The van der Waals surface area contributed by atoms with Crippen LogP contribution in [0.25, 0.3) is 0 Å². The summed E-state index contributed by atoms with van der Waals surface area (Å²) in [4.78, 5) is 15.5. The molecule has 0 radical (unpaired) electrons. The lowest BCUT2D eigenvalue weighted by Crippen LogP contribution is -2.71. The molecule has 1 aromatic carbocycles. The maximum Gasteiger partial charge on any atom is 0.220 e. The summed E-state index contributed by atoms with van der Waals surface area (Å²) in [5.74, 6) is 2.61. The first kappa shape index (κ1) is 23.4. The molecule has 7 rings (SSSR count). The van der Waals surface area contributed by atoms with E-state index >= 15 is 0 Å². The van der Waals surface area contributed by atoms with Crippen LogP contribution in [0.5, 0.6) is 11.5 Å². The van der Waals surface area contributed by atoms with Crippen LogP contribution in [0.1, 0.15) is 56.0 Å². The van der Waals surface area contributed by atoms with Crippen molar-refractivity contribution in [3.63, 3.8) is 0 Å². The molecule has 2 bridgehead atoms. The van der Waals surface area contributed by atoms with Gasteiger partial charge in [-0.05, 0) is 62.1 Å². The number of tetrazole rings is 1. The van der Waals surface area contributed by atoms with Crippen LogP contribution in [0.2, 0.25) is 0 Å². The standard InChI is InChI=1S/C27H36N6O4/c1-26(14-28-21(35)8-7-20-29-31-32-30-20)12-17-18-11-16-5-6-19(34)23-22(16)27(17,25(37-23)24(26)36-2)9-10-33(18)13-15-3-4-15/h5-6,15,17-18,24-25,34H,3-4,7-14H2,1-2H3,(H,28,35)(H,29,30,31,32). The van der Waals surface area contributed by atoms with Gasteiger partial charge in [-0.2, -0.15) is 5.21 Å². The second-order valence-electron chi connectivity index (χ2n) is 12.2. The summed E-state index contributed by atoms with van der Waals surface area (Å²) in [5, 5.41) is 27.9. The molecule has 6 unspecified atom stereocenters. The van der Waals surface area contributed by atoms with Crippen LogP contribution < -0.4 is 10.1 Å². The van der Waals surface area contributed by atoms with E-state index in [1.165, 1.54) is 30.5 Å². The number of ether oxygens (including phenoxy) is 2. The highest BCUT2D eigenvalue weighted by molar-refractivity contribution is 5.76. The van der Waals surface area contributed by atoms with E-state index in [2.05, 4.69) is 43.8 Å². The van der Waals surface area contributed by atoms with Crippen LogP contribution in [0.4, 0.5) is 0 Å².